The summed E-state index contributed by atoms with van der Waals surface area (Å²) in [5, 5.41) is 3.23. The maximum absolute atomic E-state index is 5.74. The molecule has 0 amide bonds. The van der Waals surface area contributed by atoms with E-state index in [2.05, 4.69) is 29.1 Å². The number of nitrogens with one attached hydrogen (secondary N) is 1. The number of hydrogen-bond donors (Lipinski definition) is 1. The maximum Gasteiger partial charge on any atom is 0.144 e. The standard InChI is InChI=1S/C9H14ClN3/c1-7(5-10)8(2)13-9-6-11-3-4-12-9/h3-4,6-8H,5H2,1-2H3,(H,12,13). The Morgan fingerprint density at radius 2 is 2.23 bits per heavy atom. The van der Waals surface area contributed by atoms with Gasteiger partial charge in [0.25, 0.3) is 0 Å². The SMILES string of the molecule is CC(CCl)C(C)Nc1cnccn1. The van der Waals surface area contributed by atoms with E-state index in [0.29, 0.717) is 17.8 Å². The molecule has 1 aromatic heterocycles. The lowest BCUT2D eigenvalue weighted by atomic mass is 10.1. The van der Waals surface area contributed by atoms with E-state index in [1.807, 2.05) is 0 Å². The normalized spacial score (nSPS) is 15.0. The molecule has 2 unspecified atom stereocenters. The Morgan fingerprint density at radius 1 is 1.46 bits per heavy atom. The first-order valence-electron chi connectivity index (χ1n) is 4.32. The summed E-state index contributed by atoms with van der Waals surface area (Å²) in [5.74, 6) is 1.87. The van der Waals surface area contributed by atoms with Gasteiger partial charge < -0.3 is 5.32 Å². The van der Waals surface area contributed by atoms with Crippen LogP contribution in [0.4, 0.5) is 5.82 Å². The topological polar surface area (TPSA) is 37.8 Å². The monoisotopic (exact) mass is 199 g/mol. The number of rotatable bonds is 4. The van der Waals surface area contributed by atoms with Crippen LogP contribution in [0.3, 0.4) is 0 Å². The van der Waals surface area contributed by atoms with Crippen molar-refractivity contribution in [2.75, 3.05) is 11.2 Å². The smallest absolute Gasteiger partial charge is 0.144 e. The van der Waals surface area contributed by atoms with E-state index in [1.165, 1.54) is 0 Å². The predicted octanol–water partition coefficient (Wildman–Crippen LogP) is 2.15. The van der Waals surface area contributed by atoms with Crippen molar-refractivity contribution < 1.29 is 0 Å². The fourth-order valence-corrected chi connectivity index (χ4v) is 1.15. The van der Waals surface area contributed by atoms with E-state index >= 15 is 0 Å². The highest BCUT2D eigenvalue weighted by atomic mass is 35.5. The second kappa shape index (κ2) is 5.02. The Bertz CT molecular complexity index is 240. The zero-order valence-electron chi connectivity index (χ0n) is 7.87. The number of aromatic nitrogens is 2. The van der Waals surface area contributed by atoms with E-state index < -0.39 is 0 Å². The van der Waals surface area contributed by atoms with Crippen LogP contribution in [0.25, 0.3) is 0 Å². The Hall–Kier alpha value is -0.830. The van der Waals surface area contributed by atoms with Crippen LogP contribution < -0.4 is 5.32 Å². The lowest BCUT2D eigenvalue weighted by Crippen LogP contribution is -2.25. The second-order valence-electron chi connectivity index (χ2n) is 3.16. The summed E-state index contributed by atoms with van der Waals surface area (Å²) in [7, 11) is 0. The number of alkyl halides is 1. The fourth-order valence-electron chi connectivity index (χ4n) is 0.883. The van der Waals surface area contributed by atoms with Gasteiger partial charge in [-0.05, 0) is 12.8 Å². The van der Waals surface area contributed by atoms with Crippen molar-refractivity contribution in [3.63, 3.8) is 0 Å². The zero-order chi connectivity index (χ0) is 9.68. The first-order valence-corrected chi connectivity index (χ1v) is 4.86. The molecular weight excluding hydrogens is 186 g/mol. The molecule has 0 radical (unpaired) electrons. The van der Waals surface area contributed by atoms with E-state index in [-0.39, 0.29) is 0 Å². The van der Waals surface area contributed by atoms with Gasteiger partial charge in [-0.1, -0.05) is 6.92 Å². The molecule has 0 aliphatic heterocycles. The molecule has 0 aromatic carbocycles. The Morgan fingerprint density at radius 3 is 2.77 bits per heavy atom. The largest absolute Gasteiger partial charge is 0.366 e. The molecule has 0 saturated carbocycles. The van der Waals surface area contributed by atoms with Crippen LogP contribution in [-0.2, 0) is 0 Å². The van der Waals surface area contributed by atoms with Crippen LogP contribution in [0.5, 0.6) is 0 Å². The Kier molecular flexibility index (Phi) is 3.96. The molecule has 0 bridgehead atoms. The summed E-state index contributed by atoms with van der Waals surface area (Å²) in [6.07, 6.45) is 5.03. The first kappa shape index (κ1) is 10.3. The molecule has 1 aromatic rings. The van der Waals surface area contributed by atoms with Crippen molar-refractivity contribution in [3.05, 3.63) is 18.6 Å². The van der Waals surface area contributed by atoms with E-state index in [0.717, 1.165) is 5.82 Å². The maximum atomic E-state index is 5.74. The molecular formula is C9H14ClN3. The number of anilines is 1. The van der Waals surface area contributed by atoms with Crippen molar-refractivity contribution in [2.24, 2.45) is 5.92 Å². The average molecular weight is 200 g/mol. The number of halogens is 1. The third kappa shape index (κ3) is 3.19. The summed E-state index contributed by atoms with van der Waals surface area (Å²) in [5.41, 5.74) is 0. The molecule has 0 aliphatic carbocycles. The van der Waals surface area contributed by atoms with Crippen molar-refractivity contribution in [3.8, 4) is 0 Å². The van der Waals surface area contributed by atoms with E-state index in [9.17, 15) is 0 Å². The second-order valence-corrected chi connectivity index (χ2v) is 3.46. The fraction of sp³-hybridized carbons (Fsp3) is 0.556. The van der Waals surface area contributed by atoms with Gasteiger partial charge >= 0.3 is 0 Å². The van der Waals surface area contributed by atoms with E-state index in [4.69, 9.17) is 11.6 Å². The summed E-state index contributed by atoms with van der Waals surface area (Å²) in [6, 6.07) is 0.314. The van der Waals surface area contributed by atoms with Gasteiger partial charge in [-0.3, -0.25) is 4.98 Å². The van der Waals surface area contributed by atoms with Gasteiger partial charge in [0.2, 0.25) is 0 Å². The van der Waals surface area contributed by atoms with Gasteiger partial charge in [0.15, 0.2) is 0 Å². The minimum atomic E-state index is 0.314. The van der Waals surface area contributed by atoms with Crippen LogP contribution in [-0.4, -0.2) is 21.9 Å². The van der Waals surface area contributed by atoms with Gasteiger partial charge in [0, 0.05) is 24.3 Å². The molecule has 0 saturated heterocycles. The summed E-state index contributed by atoms with van der Waals surface area (Å²) in [4.78, 5) is 8.08. The van der Waals surface area contributed by atoms with Crippen LogP contribution in [0.15, 0.2) is 18.6 Å². The van der Waals surface area contributed by atoms with E-state index in [1.54, 1.807) is 18.6 Å². The van der Waals surface area contributed by atoms with Crippen LogP contribution in [0.1, 0.15) is 13.8 Å². The lowest BCUT2D eigenvalue weighted by Gasteiger charge is -2.19. The predicted molar refractivity (Wildman–Crippen MR) is 55.0 cm³/mol. The van der Waals surface area contributed by atoms with Crippen molar-refractivity contribution >= 4 is 17.4 Å². The Balaban J connectivity index is 2.50. The molecule has 72 valence electrons. The summed E-state index contributed by atoms with van der Waals surface area (Å²) < 4.78 is 0. The highest BCUT2D eigenvalue weighted by molar-refractivity contribution is 6.18. The Labute approximate surface area is 83.5 Å². The summed E-state index contributed by atoms with van der Waals surface area (Å²) >= 11 is 5.74. The highest BCUT2D eigenvalue weighted by Gasteiger charge is 2.10. The van der Waals surface area contributed by atoms with Crippen molar-refractivity contribution in [2.45, 2.75) is 19.9 Å². The molecule has 0 spiro atoms. The lowest BCUT2D eigenvalue weighted by molar-refractivity contribution is 0.564. The van der Waals surface area contributed by atoms with Gasteiger partial charge in [0.05, 0.1) is 6.20 Å². The molecule has 3 nitrogen and oxygen atoms in total. The van der Waals surface area contributed by atoms with Crippen LogP contribution >= 0.6 is 11.6 Å². The molecule has 0 fully saturated rings. The first-order chi connectivity index (χ1) is 6.24. The quantitative estimate of drug-likeness (QED) is 0.756. The number of hydrogen-bond acceptors (Lipinski definition) is 3. The molecule has 4 heteroatoms. The third-order valence-corrected chi connectivity index (χ3v) is 2.52. The van der Waals surface area contributed by atoms with Crippen LogP contribution in [0, 0.1) is 5.92 Å². The van der Waals surface area contributed by atoms with Crippen molar-refractivity contribution in [1.29, 1.82) is 0 Å². The molecule has 1 heterocycles. The highest BCUT2D eigenvalue weighted by Crippen LogP contribution is 2.09. The average Bonchev–Trinajstić information content (AvgIpc) is 2.18. The van der Waals surface area contributed by atoms with Gasteiger partial charge in [-0.2, -0.15) is 0 Å². The minimum Gasteiger partial charge on any atom is -0.366 e. The zero-order valence-corrected chi connectivity index (χ0v) is 8.62. The van der Waals surface area contributed by atoms with Gasteiger partial charge in [-0.25, -0.2) is 4.98 Å². The molecule has 2 atom stereocenters. The van der Waals surface area contributed by atoms with Crippen LogP contribution in [0.2, 0.25) is 0 Å². The molecule has 1 rings (SSSR count). The molecule has 13 heavy (non-hydrogen) atoms. The van der Waals surface area contributed by atoms with Gasteiger partial charge in [0.1, 0.15) is 5.82 Å². The summed E-state index contributed by atoms with van der Waals surface area (Å²) in [6.45, 7) is 4.18. The molecule has 0 aliphatic rings. The van der Waals surface area contributed by atoms with Gasteiger partial charge in [-0.15, -0.1) is 11.6 Å². The van der Waals surface area contributed by atoms with Crippen molar-refractivity contribution in [1.82, 2.24) is 9.97 Å². The molecule has 1 N–H and O–H groups in total. The minimum absolute atomic E-state index is 0.314. The number of nitrogens with zero attached hydrogens (tertiary/aromatic N) is 2. The third-order valence-electron chi connectivity index (χ3n) is 2.04.